The average Bonchev–Trinajstić information content (AvgIpc) is 3.05. The smallest absolute Gasteiger partial charge is 0.305 e. The van der Waals surface area contributed by atoms with E-state index < -0.39 is 29.7 Å². The molecule has 0 aromatic heterocycles. The molecule has 0 fully saturated rings. The molecule has 0 saturated carbocycles. The molecule has 1 heterocycles. The number of methoxy groups -OCH3 is 1. The zero-order chi connectivity index (χ0) is 28.6. The number of benzene rings is 3. The van der Waals surface area contributed by atoms with Crippen molar-refractivity contribution in [3.05, 3.63) is 82.9 Å². The molecule has 3 amide bonds. The van der Waals surface area contributed by atoms with Gasteiger partial charge in [-0.3, -0.25) is 19.2 Å². The number of carbonyl (C=O) groups is 4. The van der Waals surface area contributed by atoms with Gasteiger partial charge in [0.2, 0.25) is 11.8 Å². The normalized spacial score (nSPS) is 14.3. The van der Waals surface area contributed by atoms with Crippen molar-refractivity contribution < 1.29 is 33.4 Å². The minimum atomic E-state index is -0.951. The maximum atomic E-state index is 13.1. The molecule has 3 aromatic rings. The quantitative estimate of drug-likeness (QED) is 0.325. The third kappa shape index (κ3) is 7.23. The summed E-state index contributed by atoms with van der Waals surface area (Å²) >= 11 is 0. The number of aryl methyl sites for hydroxylation is 2. The van der Waals surface area contributed by atoms with E-state index in [1.54, 1.807) is 6.07 Å². The third-order valence-corrected chi connectivity index (χ3v) is 6.43. The van der Waals surface area contributed by atoms with Crippen LogP contribution in [0.2, 0.25) is 0 Å². The van der Waals surface area contributed by atoms with Crippen LogP contribution in [0.5, 0.6) is 11.5 Å². The Kier molecular flexibility index (Phi) is 9.13. The molecule has 3 aromatic carbocycles. The Labute approximate surface area is 232 Å². The van der Waals surface area contributed by atoms with Crippen LogP contribution < -0.4 is 20.7 Å². The first-order valence-corrected chi connectivity index (χ1v) is 12.8. The van der Waals surface area contributed by atoms with Crippen LogP contribution in [0.4, 0.5) is 11.4 Å². The van der Waals surface area contributed by atoms with E-state index in [9.17, 15) is 19.2 Å². The van der Waals surface area contributed by atoms with Crippen LogP contribution in [-0.2, 0) is 30.5 Å². The number of amides is 3. The van der Waals surface area contributed by atoms with Crippen LogP contribution in [-0.4, -0.2) is 43.4 Å². The Morgan fingerprint density at radius 1 is 0.975 bits per heavy atom. The van der Waals surface area contributed by atoms with Crippen LogP contribution in [0.25, 0.3) is 0 Å². The molecule has 4 rings (SSSR count). The fourth-order valence-electron chi connectivity index (χ4n) is 4.07. The molecular formula is C30H31N3O7. The summed E-state index contributed by atoms with van der Waals surface area (Å²) in [6.07, 6.45) is 0.0171. The molecule has 0 bridgehead atoms. The molecule has 0 unspecified atom stereocenters. The van der Waals surface area contributed by atoms with Crippen molar-refractivity contribution in [1.82, 2.24) is 5.32 Å². The standard InChI is InChI=1S/C30H31N3O7/c1-18-9-10-21(13-19(18)2)40-26-14-22-24(33-30(37)23(32-29(22)36)11-12-28(35)38-3)15-25(26)31-27(34)17-39-16-20-7-5-4-6-8-20/h4-10,13-15,23H,11-12,16-17H2,1-3H3,(H,31,34)(H,32,36)(H,33,37)/t23-/m1/s1. The second-order valence-corrected chi connectivity index (χ2v) is 9.40. The highest BCUT2D eigenvalue weighted by atomic mass is 16.5. The lowest BCUT2D eigenvalue weighted by Gasteiger charge is -2.16. The zero-order valence-electron chi connectivity index (χ0n) is 22.5. The first-order chi connectivity index (χ1) is 19.2. The van der Waals surface area contributed by atoms with Gasteiger partial charge in [0.15, 0.2) is 5.75 Å². The first kappa shape index (κ1) is 28.3. The van der Waals surface area contributed by atoms with Gasteiger partial charge < -0.3 is 30.2 Å². The van der Waals surface area contributed by atoms with Crippen LogP contribution in [0.15, 0.2) is 60.7 Å². The number of esters is 1. The summed E-state index contributed by atoms with van der Waals surface area (Å²) in [5.74, 6) is -1.25. The van der Waals surface area contributed by atoms with Gasteiger partial charge in [0.1, 0.15) is 18.4 Å². The second-order valence-electron chi connectivity index (χ2n) is 9.40. The van der Waals surface area contributed by atoms with E-state index in [4.69, 9.17) is 9.47 Å². The molecule has 1 atom stereocenters. The van der Waals surface area contributed by atoms with Gasteiger partial charge in [-0.2, -0.15) is 0 Å². The van der Waals surface area contributed by atoms with Gasteiger partial charge >= 0.3 is 5.97 Å². The van der Waals surface area contributed by atoms with Crippen LogP contribution in [0, 0.1) is 13.8 Å². The van der Waals surface area contributed by atoms with E-state index in [1.807, 2.05) is 56.3 Å². The predicted molar refractivity (Wildman–Crippen MR) is 148 cm³/mol. The van der Waals surface area contributed by atoms with Crippen LogP contribution in [0.1, 0.15) is 39.9 Å². The first-order valence-electron chi connectivity index (χ1n) is 12.8. The Bertz CT molecular complexity index is 1420. The molecular weight excluding hydrogens is 514 g/mol. The summed E-state index contributed by atoms with van der Waals surface area (Å²) in [5.41, 5.74) is 3.59. The van der Waals surface area contributed by atoms with Crippen molar-refractivity contribution in [2.75, 3.05) is 24.4 Å². The van der Waals surface area contributed by atoms with Gasteiger partial charge in [-0.25, -0.2) is 0 Å². The van der Waals surface area contributed by atoms with E-state index in [1.165, 1.54) is 19.2 Å². The van der Waals surface area contributed by atoms with E-state index >= 15 is 0 Å². The minimum Gasteiger partial charge on any atom is -0.469 e. The third-order valence-electron chi connectivity index (χ3n) is 6.43. The van der Waals surface area contributed by atoms with Crippen molar-refractivity contribution in [2.24, 2.45) is 0 Å². The van der Waals surface area contributed by atoms with Gasteiger partial charge in [0.05, 0.1) is 30.7 Å². The topological polar surface area (TPSA) is 132 Å². The second kappa shape index (κ2) is 12.9. The molecule has 0 aliphatic carbocycles. The number of hydrogen-bond acceptors (Lipinski definition) is 7. The Hall–Kier alpha value is -4.70. The largest absolute Gasteiger partial charge is 0.469 e. The number of rotatable bonds is 10. The highest BCUT2D eigenvalue weighted by molar-refractivity contribution is 6.11. The molecule has 40 heavy (non-hydrogen) atoms. The maximum absolute atomic E-state index is 13.1. The van der Waals surface area contributed by atoms with Crippen molar-refractivity contribution >= 4 is 35.1 Å². The number of hydrogen-bond donors (Lipinski definition) is 3. The zero-order valence-corrected chi connectivity index (χ0v) is 22.5. The molecule has 0 saturated heterocycles. The molecule has 10 heteroatoms. The molecule has 10 nitrogen and oxygen atoms in total. The van der Waals surface area contributed by atoms with Gasteiger partial charge in [-0.1, -0.05) is 36.4 Å². The monoisotopic (exact) mass is 545 g/mol. The van der Waals surface area contributed by atoms with Crippen molar-refractivity contribution in [1.29, 1.82) is 0 Å². The molecule has 208 valence electrons. The lowest BCUT2D eigenvalue weighted by atomic mass is 10.1. The summed E-state index contributed by atoms with van der Waals surface area (Å²) in [7, 11) is 1.25. The highest BCUT2D eigenvalue weighted by Crippen LogP contribution is 2.36. The van der Waals surface area contributed by atoms with E-state index in [-0.39, 0.29) is 48.7 Å². The van der Waals surface area contributed by atoms with E-state index in [0.717, 1.165) is 16.7 Å². The minimum absolute atomic E-state index is 0.0450. The number of nitrogens with one attached hydrogen (secondary N) is 3. The summed E-state index contributed by atoms with van der Waals surface area (Å²) < 4.78 is 16.3. The summed E-state index contributed by atoms with van der Waals surface area (Å²) in [6.45, 7) is 3.96. The SMILES string of the molecule is COC(=O)CC[C@H]1NC(=O)c2cc(Oc3ccc(C)c(C)c3)c(NC(=O)COCc3ccccc3)cc2NC1=O. The molecule has 1 aliphatic rings. The number of ether oxygens (including phenoxy) is 3. The molecule has 0 radical (unpaired) electrons. The fourth-order valence-corrected chi connectivity index (χ4v) is 4.07. The van der Waals surface area contributed by atoms with Gasteiger partial charge in [0, 0.05) is 6.42 Å². The lowest BCUT2D eigenvalue weighted by Crippen LogP contribution is -2.41. The van der Waals surface area contributed by atoms with Gasteiger partial charge in [-0.05, 0) is 61.2 Å². The van der Waals surface area contributed by atoms with Crippen molar-refractivity contribution in [3.8, 4) is 11.5 Å². The van der Waals surface area contributed by atoms with Crippen LogP contribution >= 0.6 is 0 Å². The maximum Gasteiger partial charge on any atom is 0.305 e. The van der Waals surface area contributed by atoms with E-state index in [2.05, 4.69) is 20.7 Å². The van der Waals surface area contributed by atoms with Crippen molar-refractivity contribution in [3.63, 3.8) is 0 Å². The molecule has 1 aliphatic heterocycles. The average molecular weight is 546 g/mol. The summed E-state index contributed by atoms with van der Waals surface area (Å²) in [6, 6.07) is 17.0. The number of fused-ring (bicyclic) bond motifs is 1. The Morgan fingerprint density at radius 2 is 1.75 bits per heavy atom. The van der Waals surface area contributed by atoms with Crippen molar-refractivity contribution in [2.45, 2.75) is 39.3 Å². The highest BCUT2D eigenvalue weighted by Gasteiger charge is 2.30. The molecule has 3 N–H and O–H groups in total. The predicted octanol–water partition coefficient (Wildman–Crippen LogP) is 4.25. The van der Waals surface area contributed by atoms with Gasteiger partial charge in [-0.15, -0.1) is 0 Å². The molecule has 0 spiro atoms. The number of anilines is 2. The van der Waals surface area contributed by atoms with Gasteiger partial charge in [0.25, 0.3) is 5.91 Å². The Morgan fingerprint density at radius 3 is 2.48 bits per heavy atom. The lowest BCUT2D eigenvalue weighted by molar-refractivity contribution is -0.140. The fraction of sp³-hybridized carbons (Fsp3) is 0.267. The summed E-state index contributed by atoms with van der Waals surface area (Å²) in [4.78, 5) is 50.3. The van der Waals surface area contributed by atoms with Crippen LogP contribution in [0.3, 0.4) is 0 Å². The number of carbonyl (C=O) groups excluding carboxylic acids is 4. The Balaban J connectivity index is 1.58. The van der Waals surface area contributed by atoms with E-state index in [0.29, 0.717) is 5.75 Å². The summed E-state index contributed by atoms with van der Waals surface area (Å²) in [5, 5.41) is 8.14.